The minimum Gasteiger partial charge on any atom is -0.465 e. The van der Waals surface area contributed by atoms with Gasteiger partial charge in [-0.25, -0.2) is 22.6 Å². The van der Waals surface area contributed by atoms with E-state index in [0.29, 0.717) is 16.9 Å². The Hall–Kier alpha value is -3.47. The number of fused-ring (bicyclic) bond motifs is 1. The van der Waals surface area contributed by atoms with E-state index in [1.807, 2.05) is 10.8 Å². The molecular formula is C19H17FN4O5S. The van der Waals surface area contributed by atoms with E-state index in [4.69, 9.17) is 0 Å². The number of carbonyl (C=O) groups excluding carboxylic acids is 1. The van der Waals surface area contributed by atoms with Crippen LogP contribution in [0.2, 0.25) is 0 Å². The molecule has 9 nitrogen and oxygen atoms in total. The van der Waals surface area contributed by atoms with Gasteiger partial charge in [-0.3, -0.25) is 9.52 Å². The molecular weight excluding hydrogens is 415 g/mol. The number of carbonyl (C=O) groups is 2. The molecule has 1 aliphatic rings. The van der Waals surface area contributed by atoms with Gasteiger partial charge in [-0.1, -0.05) is 24.3 Å². The van der Waals surface area contributed by atoms with Crippen LogP contribution in [0, 0.1) is 5.82 Å². The monoisotopic (exact) mass is 432 g/mol. The van der Waals surface area contributed by atoms with Crippen LogP contribution in [0.1, 0.15) is 34.7 Å². The molecule has 2 amide bonds. The summed E-state index contributed by atoms with van der Waals surface area (Å²) < 4.78 is 40.5. The highest BCUT2D eigenvalue weighted by atomic mass is 32.2. The van der Waals surface area contributed by atoms with Gasteiger partial charge in [-0.05, 0) is 23.8 Å². The van der Waals surface area contributed by atoms with E-state index < -0.39 is 39.1 Å². The molecule has 2 atom stereocenters. The van der Waals surface area contributed by atoms with Crippen LogP contribution in [0.5, 0.6) is 0 Å². The molecule has 1 fully saturated rings. The van der Waals surface area contributed by atoms with Crippen molar-refractivity contribution < 1.29 is 27.5 Å². The molecule has 0 radical (unpaired) electrons. The lowest BCUT2D eigenvalue weighted by atomic mass is 10.0. The van der Waals surface area contributed by atoms with E-state index >= 15 is 0 Å². The quantitative estimate of drug-likeness (QED) is 0.487. The van der Waals surface area contributed by atoms with Crippen molar-refractivity contribution in [1.29, 1.82) is 0 Å². The summed E-state index contributed by atoms with van der Waals surface area (Å²) in [7, 11) is -3.97. The first-order chi connectivity index (χ1) is 14.2. The minimum absolute atomic E-state index is 0.0813. The normalized spacial score (nSPS) is 18.8. The lowest BCUT2D eigenvalue weighted by molar-refractivity contribution is -0.118. The largest absolute Gasteiger partial charge is 0.465 e. The van der Waals surface area contributed by atoms with Gasteiger partial charge < -0.3 is 15.4 Å². The highest BCUT2D eigenvalue weighted by Gasteiger charge is 2.39. The van der Waals surface area contributed by atoms with Crippen LogP contribution < -0.4 is 10.0 Å². The maximum atomic E-state index is 14.7. The van der Waals surface area contributed by atoms with E-state index in [1.165, 1.54) is 12.1 Å². The van der Waals surface area contributed by atoms with Crippen LogP contribution in [-0.2, 0) is 21.2 Å². The number of sulfonamides is 1. The minimum atomic E-state index is -3.97. The Morgan fingerprint density at radius 1 is 1.30 bits per heavy atom. The standard InChI is InChI=1S/C19H17FN4O5S/c20-12-7-10(5-6-11(12)16-9-17(25)24-30(16,28)29)8-15(23-19(26)27)18-21-13-3-1-2-4-14(13)22-18/h1-7,15-16,23H,8-9H2,(H,21,22)(H,24,25)(H,26,27)/t15-,16?/m0/s1. The Morgan fingerprint density at radius 2 is 2.07 bits per heavy atom. The number of halogens is 1. The van der Waals surface area contributed by atoms with E-state index in [0.717, 1.165) is 11.6 Å². The topological polar surface area (TPSA) is 141 Å². The van der Waals surface area contributed by atoms with Gasteiger partial charge in [0.1, 0.15) is 16.9 Å². The smallest absolute Gasteiger partial charge is 0.405 e. The summed E-state index contributed by atoms with van der Waals surface area (Å²) in [5, 5.41) is 10.3. The van der Waals surface area contributed by atoms with E-state index in [2.05, 4.69) is 15.3 Å². The molecule has 1 saturated heterocycles. The molecule has 2 heterocycles. The van der Waals surface area contributed by atoms with Gasteiger partial charge in [0.15, 0.2) is 0 Å². The van der Waals surface area contributed by atoms with Crippen LogP contribution >= 0.6 is 0 Å². The van der Waals surface area contributed by atoms with Crippen LogP contribution in [0.25, 0.3) is 11.0 Å². The zero-order valence-corrected chi connectivity index (χ0v) is 16.2. The Balaban J connectivity index is 1.63. The second-order valence-electron chi connectivity index (χ2n) is 6.96. The fourth-order valence-electron chi connectivity index (χ4n) is 3.52. The first-order valence-corrected chi connectivity index (χ1v) is 10.5. The molecule has 0 saturated carbocycles. The van der Waals surface area contributed by atoms with Crippen molar-refractivity contribution in [2.24, 2.45) is 0 Å². The van der Waals surface area contributed by atoms with Crippen LogP contribution in [0.3, 0.4) is 0 Å². The fraction of sp³-hybridized carbons (Fsp3) is 0.211. The third-order valence-electron chi connectivity index (χ3n) is 4.89. The highest BCUT2D eigenvalue weighted by Crippen LogP contribution is 2.32. The van der Waals surface area contributed by atoms with Gasteiger partial charge in [-0.15, -0.1) is 0 Å². The number of carboxylic acid groups (broad SMARTS) is 1. The Kier molecular flexibility index (Phi) is 4.90. The van der Waals surface area contributed by atoms with Crippen molar-refractivity contribution in [1.82, 2.24) is 20.0 Å². The van der Waals surface area contributed by atoms with E-state index in [9.17, 15) is 27.5 Å². The number of benzene rings is 2. The predicted octanol–water partition coefficient (Wildman–Crippen LogP) is 2.14. The molecule has 0 aliphatic carbocycles. The number of H-pyrrole nitrogens is 1. The second-order valence-corrected chi connectivity index (χ2v) is 8.83. The molecule has 0 spiro atoms. The van der Waals surface area contributed by atoms with Gasteiger partial charge in [-0.2, -0.15) is 0 Å². The summed E-state index contributed by atoms with van der Waals surface area (Å²) in [6, 6.07) is 10.4. The Morgan fingerprint density at radius 3 is 2.70 bits per heavy atom. The van der Waals surface area contributed by atoms with Gasteiger partial charge in [0.05, 0.1) is 23.5 Å². The number of nitrogens with zero attached hydrogens (tertiary/aromatic N) is 1. The van der Waals surface area contributed by atoms with Crippen LogP contribution in [-0.4, -0.2) is 35.5 Å². The number of nitrogens with one attached hydrogen (secondary N) is 3. The molecule has 0 bridgehead atoms. The summed E-state index contributed by atoms with van der Waals surface area (Å²) in [6.07, 6.45) is -1.53. The zero-order valence-electron chi connectivity index (χ0n) is 15.4. The molecule has 3 aromatic rings. The number of hydrogen-bond acceptors (Lipinski definition) is 5. The molecule has 156 valence electrons. The number of rotatable bonds is 5. The number of aromatic nitrogens is 2. The molecule has 1 aliphatic heterocycles. The summed E-state index contributed by atoms with van der Waals surface area (Å²) in [6.45, 7) is 0. The fourth-order valence-corrected chi connectivity index (χ4v) is 4.96. The number of imidazole rings is 1. The molecule has 30 heavy (non-hydrogen) atoms. The maximum absolute atomic E-state index is 14.7. The second kappa shape index (κ2) is 7.41. The zero-order chi connectivity index (χ0) is 21.5. The van der Waals surface area contributed by atoms with Crippen molar-refractivity contribution in [3.05, 3.63) is 65.2 Å². The van der Waals surface area contributed by atoms with Crippen LogP contribution in [0.15, 0.2) is 42.5 Å². The van der Waals surface area contributed by atoms with Crippen molar-refractivity contribution in [3.8, 4) is 0 Å². The van der Waals surface area contributed by atoms with Crippen molar-refractivity contribution >= 4 is 33.1 Å². The molecule has 2 aromatic carbocycles. The maximum Gasteiger partial charge on any atom is 0.405 e. The summed E-state index contributed by atoms with van der Waals surface area (Å²) in [5.41, 5.74) is 1.72. The summed E-state index contributed by atoms with van der Waals surface area (Å²) in [4.78, 5) is 30.1. The third kappa shape index (κ3) is 3.83. The number of aromatic amines is 1. The number of para-hydroxylation sites is 2. The summed E-state index contributed by atoms with van der Waals surface area (Å²) >= 11 is 0. The number of amides is 2. The molecule has 4 N–H and O–H groups in total. The van der Waals surface area contributed by atoms with Crippen molar-refractivity contribution in [2.75, 3.05) is 0 Å². The van der Waals surface area contributed by atoms with Crippen LogP contribution in [0.4, 0.5) is 9.18 Å². The molecule has 4 rings (SSSR count). The average Bonchev–Trinajstić information content (AvgIpc) is 3.20. The SMILES string of the molecule is O=C(O)N[C@@H](Cc1ccc(C2CC(=O)NS2(=O)=O)c(F)c1)c1nc2ccccc2[nH]1. The van der Waals surface area contributed by atoms with E-state index in [-0.39, 0.29) is 18.4 Å². The van der Waals surface area contributed by atoms with E-state index in [1.54, 1.807) is 18.2 Å². The van der Waals surface area contributed by atoms with Gasteiger partial charge >= 0.3 is 6.09 Å². The Labute approximate surface area is 170 Å². The summed E-state index contributed by atoms with van der Waals surface area (Å²) in [5.74, 6) is -1.09. The third-order valence-corrected chi connectivity index (χ3v) is 6.57. The van der Waals surface area contributed by atoms with Gasteiger partial charge in [0, 0.05) is 12.0 Å². The molecule has 1 aromatic heterocycles. The lowest BCUT2D eigenvalue weighted by Crippen LogP contribution is -2.29. The van der Waals surface area contributed by atoms with Crippen molar-refractivity contribution in [3.63, 3.8) is 0 Å². The first-order valence-electron chi connectivity index (χ1n) is 9.00. The average molecular weight is 432 g/mol. The molecule has 11 heteroatoms. The number of hydrogen-bond donors (Lipinski definition) is 4. The van der Waals surface area contributed by atoms with Gasteiger partial charge in [0.2, 0.25) is 15.9 Å². The molecule has 1 unspecified atom stereocenters. The highest BCUT2D eigenvalue weighted by molar-refractivity contribution is 7.90. The Bertz CT molecular complexity index is 1220. The first kappa shape index (κ1) is 19.8. The predicted molar refractivity (Wildman–Crippen MR) is 105 cm³/mol. The lowest BCUT2D eigenvalue weighted by Gasteiger charge is -2.16. The van der Waals surface area contributed by atoms with Crippen molar-refractivity contribution in [2.45, 2.75) is 24.1 Å². The van der Waals surface area contributed by atoms with Gasteiger partial charge in [0.25, 0.3) is 0 Å².